The predicted octanol–water partition coefficient (Wildman–Crippen LogP) is 3.61. The minimum atomic E-state index is -0.808. The van der Waals surface area contributed by atoms with Crippen molar-refractivity contribution in [1.82, 2.24) is 10.3 Å². The highest BCUT2D eigenvalue weighted by atomic mass is 32.1. The fraction of sp³-hybridized carbons (Fsp3) is 0.333. The Labute approximate surface area is 187 Å². The number of nitrogens with one attached hydrogen (secondary N) is 1. The van der Waals surface area contributed by atoms with Gasteiger partial charge in [-0.2, -0.15) is 0 Å². The summed E-state index contributed by atoms with van der Waals surface area (Å²) < 4.78 is 5.34. The minimum Gasteiger partial charge on any atom is -0.444 e. The molecule has 3 rings (SSSR count). The lowest BCUT2D eigenvalue weighted by atomic mass is 9.94. The second-order valence-corrected chi connectivity index (χ2v) is 8.93. The van der Waals surface area contributed by atoms with Crippen molar-refractivity contribution in [1.29, 1.82) is 0 Å². The van der Waals surface area contributed by atoms with Crippen molar-refractivity contribution in [2.45, 2.75) is 51.0 Å². The number of hydrogen-bond donors (Lipinski definition) is 3. The third-order valence-corrected chi connectivity index (χ3v) is 5.85. The maximum absolute atomic E-state index is 12.4. The summed E-state index contributed by atoms with van der Waals surface area (Å²) >= 11 is 1.48. The molecule has 0 aliphatic rings. The summed E-state index contributed by atoms with van der Waals surface area (Å²) in [7, 11) is 0. The van der Waals surface area contributed by atoms with Crippen molar-refractivity contribution in [3.05, 3.63) is 87.9 Å². The average Bonchev–Trinajstić information content (AvgIpc) is 3.18. The summed E-state index contributed by atoms with van der Waals surface area (Å²) in [6.45, 7) is 2.05. The van der Waals surface area contributed by atoms with Crippen LogP contribution >= 0.6 is 11.3 Å². The number of aliphatic hydroxyl groups excluding tert-OH is 1. The van der Waals surface area contributed by atoms with E-state index in [1.165, 1.54) is 11.3 Å². The van der Waals surface area contributed by atoms with Gasteiger partial charge in [-0.15, -0.1) is 11.3 Å². The van der Waals surface area contributed by atoms with Crippen LogP contribution in [0.1, 0.15) is 27.4 Å². The van der Waals surface area contributed by atoms with Crippen LogP contribution < -0.4 is 11.1 Å². The molecular formula is C24H29N3O3S. The number of nitrogens with two attached hydrogens (primary N) is 1. The molecule has 7 heteroatoms. The smallest absolute Gasteiger partial charge is 0.407 e. The Bertz CT molecular complexity index is 934. The maximum Gasteiger partial charge on any atom is 0.407 e. The molecule has 0 radical (unpaired) electrons. The Balaban J connectivity index is 1.59. The van der Waals surface area contributed by atoms with E-state index in [9.17, 15) is 9.90 Å². The fourth-order valence-electron chi connectivity index (χ4n) is 3.43. The number of alkyl carbamates (subject to hydrolysis) is 1. The van der Waals surface area contributed by atoms with Gasteiger partial charge in [0.1, 0.15) is 6.61 Å². The van der Waals surface area contributed by atoms with Crippen LogP contribution in [0.5, 0.6) is 0 Å². The summed E-state index contributed by atoms with van der Waals surface area (Å²) in [4.78, 5) is 17.4. The standard InChI is InChI=1S/C24H29N3O3S/c1-17-26-15-21(31-17)16-30-24(29)27-22(13-19-10-6-3-7-11-19)23(28)14-20(25)12-18-8-4-2-5-9-18/h2-11,15,20,22-23,28H,12-14,16,25H2,1H3,(H,27,29)/t20-,22-,23-/m0/s1. The average molecular weight is 440 g/mol. The van der Waals surface area contributed by atoms with Crippen molar-refractivity contribution in [2.75, 3.05) is 0 Å². The van der Waals surface area contributed by atoms with E-state index in [2.05, 4.69) is 10.3 Å². The molecule has 31 heavy (non-hydrogen) atoms. The maximum atomic E-state index is 12.4. The molecule has 3 atom stereocenters. The number of aromatic nitrogens is 1. The van der Waals surface area contributed by atoms with Gasteiger partial charge in [0.2, 0.25) is 0 Å². The lowest BCUT2D eigenvalue weighted by molar-refractivity contribution is 0.0925. The number of thiazole rings is 1. The van der Waals surface area contributed by atoms with Gasteiger partial charge in [0.05, 0.1) is 22.0 Å². The summed E-state index contributed by atoms with van der Waals surface area (Å²) in [5, 5.41) is 14.6. The van der Waals surface area contributed by atoms with Crippen LogP contribution in [-0.4, -0.2) is 34.4 Å². The zero-order chi connectivity index (χ0) is 22.1. The van der Waals surface area contributed by atoms with Crippen molar-refractivity contribution >= 4 is 17.4 Å². The normalized spacial score (nSPS) is 13.9. The van der Waals surface area contributed by atoms with Crippen LogP contribution in [0, 0.1) is 6.92 Å². The molecule has 0 aliphatic heterocycles. The van der Waals surface area contributed by atoms with Gasteiger partial charge in [0.15, 0.2) is 0 Å². The van der Waals surface area contributed by atoms with Crippen LogP contribution in [0.3, 0.4) is 0 Å². The van der Waals surface area contributed by atoms with E-state index >= 15 is 0 Å². The number of amides is 1. The first-order chi connectivity index (χ1) is 15.0. The molecule has 0 fully saturated rings. The predicted molar refractivity (Wildman–Crippen MR) is 123 cm³/mol. The molecular weight excluding hydrogens is 410 g/mol. The molecule has 1 heterocycles. The topological polar surface area (TPSA) is 97.5 Å². The molecule has 0 saturated heterocycles. The molecule has 0 unspecified atom stereocenters. The van der Waals surface area contributed by atoms with Gasteiger partial charge in [0, 0.05) is 12.2 Å². The number of carbonyl (C=O) groups excluding carboxylic acids is 1. The van der Waals surface area contributed by atoms with Gasteiger partial charge >= 0.3 is 6.09 Å². The highest BCUT2D eigenvalue weighted by Gasteiger charge is 2.24. The second-order valence-electron chi connectivity index (χ2n) is 7.62. The number of benzene rings is 2. The van der Waals surface area contributed by atoms with Gasteiger partial charge in [-0.05, 0) is 37.3 Å². The number of aryl methyl sites for hydroxylation is 1. The molecule has 1 aromatic heterocycles. The largest absolute Gasteiger partial charge is 0.444 e. The summed E-state index contributed by atoms with van der Waals surface area (Å²) in [5.41, 5.74) is 8.43. The number of rotatable bonds is 10. The Hall–Kier alpha value is -2.74. The second kappa shape index (κ2) is 11.6. The number of aliphatic hydroxyl groups is 1. The SMILES string of the molecule is Cc1ncc(COC(=O)N[C@@H](Cc2ccccc2)[C@@H](O)C[C@@H](N)Cc2ccccc2)s1. The summed E-state index contributed by atoms with van der Waals surface area (Å²) in [6.07, 6.45) is 1.83. The zero-order valence-corrected chi connectivity index (χ0v) is 18.4. The first-order valence-corrected chi connectivity index (χ1v) is 11.2. The van der Waals surface area contributed by atoms with Crippen LogP contribution in [-0.2, 0) is 24.2 Å². The van der Waals surface area contributed by atoms with E-state index in [0.29, 0.717) is 19.3 Å². The van der Waals surface area contributed by atoms with Crippen molar-refractivity contribution < 1.29 is 14.6 Å². The van der Waals surface area contributed by atoms with Crippen LogP contribution in [0.4, 0.5) is 4.79 Å². The third-order valence-electron chi connectivity index (χ3n) is 4.97. The fourth-order valence-corrected chi connectivity index (χ4v) is 4.14. The highest BCUT2D eigenvalue weighted by molar-refractivity contribution is 7.11. The van der Waals surface area contributed by atoms with E-state index in [0.717, 1.165) is 21.0 Å². The molecule has 3 aromatic rings. The molecule has 1 amide bonds. The van der Waals surface area contributed by atoms with Gasteiger partial charge in [-0.1, -0.05) is 60.7 Å². The van der Waals surface area contributed by atoms with E-state index in [-0.39, 0.29) is 12.6 Å². The Morgan fingerprint density at radius 3 is 2.29 bits per heavy atom. The van der Waals surface area contributed by atoms with Crippen LogP contribution in [0.15, 0.2) is 66.9 Å². The summed E-state index contributed by atoms with van der Waals surface area (Å²) in [6, 6.07) is 18.9. The Morgan fingerprint density at radius 2 is 1.71 bits per heavy atom. The van der Waals surface area contributed by atoms with Crippen molar-refractivity contribution in [3.63, 3.8) is 0 Å². The number of ether oxygens (including phenoxy) is 1. The van der Waals surface area contributed by atoms with Crippen molar-refractivity contribution in [3.8, 4) is 0 Å². The quantitative estimate of drug-likeness (QED) is 0.448. The minimum absolute atomic E-state index is 0.152. The summed E-state index contributed by atoms with van der Waals surface area (Å²) in [5.74, 6) is 0. The van der Waals surface area contributed by atoms with E-state index in [1.54, 1.807) is 6.20 Å². The molecule has 0 bridgehead atoms. The van der Waals surface area contributed by atoms with Gasteiger partial charge in [-0.3, -0.25) is 0 Å². The highest BCUT2D eigenvalue weighted by Crippen LogP contribution is 2.15. The Morgan fingerprint density at radius 1 is 1.10 bits per heavy atom. The molecule has 164 valence electrons. The van der Waals surface area contributed by atoms with E-state index in [4.69, 9.17) is 10.5 Å². The Kier molecular flexibility index (Phi) is 8.58. The number of nitrogens with zero attached hydrogens (tertiary/aromatic N) is 1. The van der Waals surface area contributed by atoms with E-state index < -0.39 is 18.2 Å². The molecule has 6 nitrogen and oxygen atoms in total. The van der Waals surface area contributed by atoms with Gasteiger partial charge in [0.25, 0.3) is 0 Å². The number of hydrogen-bond acceptors (Lipinski definition) is 6. The molecule has 2 aromatic carbocycles. The van der Waals surface area contributed by atoms with Crippen molar-refractivity contribution in [2.24, 2.45) is 5.73 Å². The molecule has 0 aliphatic carbocycles. The molecule has 0 saturated carbocycles. The van der Waals surface area contributed by atoms with Crippen LogP contribution in [0.25, 0.3) is 0 Å². The zero-order valence-electron chi connectivity index (χ0n) is 17.6. The van der Waals surface area contributed by atoms with Gasteiger partial charge < -0.3 is 20.9 Å². The lowest BCUT2D eigenvalue weighted by Crippen LogP contribution is -2.47. The lowest BCUT2D eigenvalue weighted by Gasteiger charge is -2.26. The molecule has 0 spiro atoms. The number of carbonyl (C=O) groups is 1. The van der Waals surface area contributed by atoms with Crippen LogP contribution in [0.2, 0.25) is 0 Å². The first-order valence-electron chi connectivity index (χ1n) is 10.4. The third kappa shape index (κ3) is 7.79. The van der Waals surface area contributed by atoms with Gasteiger partial charge in [-0.25, -0.2) is 9.78 Å². The molecule has 4 N–H and O–H groups in total. The van der Waals surface area contributed by atoms with E-state index in [1.807, 2.05) is 67.6 Å². The monoisotopic (exact) mass is 439 g/mol. The first kappa shape index (κ1) is 22.9.